The number of para-hydroxylation sites is 1. The third-order valence-electron chi connectivity index (χ3n) is 9.41. The number of aromatic nitrogens is 1. The van der Waals surface area contributed by atoms with Crippen molar-refractivity contribution in [3.8, 4) is 34.4 Å². The van der Waals surface area contributed by atoms with E-state index in [1.54, 1.807) is 18.5 Å². The summed E-state index contributed by atoms with van der Waals surface area (Å²) in [7, 11) is 0. The fraction of sp³-hybridized carbons (Fsp3) is 0.400. The summed E-state index contributed by atoms with van der Waals surface area (Å²) in [6.07, 6.45) is 8.47. The summed E-state index contributed by atoms with van der Waals surface area (Å²) in [5.41, 5.74) is 6.64. The fourth-order valence-corrected chi connectivity index (χ4v) is 6.92. The van der Waals surface area contributed by atoms with Gasteiger partial charge >= 0.3 is 0 Å². The van der Waals surface area contributed by atoms with Crippen molar-refractivity contribution in [2.75, 3.05) is 39.3 Å². The fourth-order valence-electron chi connectivity index (χ4n) is 6.68. The minimum absolute atomic E-state index is 0.201. The topological polar surface area (TPSA) is 91.1 Å². The molecule has 0 aliphatic carbocycles. The van der Waals surface area contributed by atoms with E-state index in [4.69, 9.17) is 25.8 Å². The average molecular weight is 681 g/mol. The number of hydrogen-bond donors (Lipinski definition) is 1. The maximum Gasteiger partial charge on any atom is 0.142 e. The van der Waals surface area contributed by atoms with Gasteiger partial charge in [0.15, 0.2) is 0 Å². The SMILES string of the molecule is Cc1c(COc2cc(OCc3cncc(C#N)c3)c(CN3CCCCC3)cc2Cl)cccc1-c1ccccc1OCCCN1CC[C@@H](O)C1. The number of hydrogen-bond acceptors (Lipinski definition) is 8. The van der Waals surface area contributed by atoms with Gasteiger partial charge in [-0.3, -0.25) is 9.88 Å². The molecular weight excluding hydrogens is 636 g/mol. The Balaban J connectivity index is 1.16. The van der Waals surface area contributed by atoms with Crippen LogP contribution in [0.3, 0.4) is 0 Å². The first-order chi connectivity index (χ1) is 24.0. The molecule has 6 rings (SSSR count). The Kier molecular flexibility index (Phi) is 12.0. The van der Waals surface area contributed by atoms with Crippen molar-refractivity contribution in [2.45, 2.75) is 64.9 Å². The number of benzene rings is 3. The molecule has 3 heterocycles. The number of ether oxygens (including phenoxy) is 3. The molecule has 2 saturated heterocycles. The molecule has 1 aromatic heterocycles. The van der Waals surface area contributed by atoms with Gasteiger partial charge in [-0.2, -0.15) is 5.26 Å². The molecule has 9 heteroatoms. The van der Waals surface area contributed by atoms with Crippen LogP contribution in [0.5, 0.6) is 17.2 Å². The minimum atomic E-state index is -0.201. The van der Waals surface area contributed by atoms with Gasteiger partial charge in [0.1, 0.15) is 36.5 Å². The number of halogens is 1. The van der Waals surface area contributed by atoms with Crippen molar-refractivity contribution in [3.05, 3.63) is 106 Å². The van der Waals surface area contributed by atoms with Crippen LogP contribution in [0.1, 0.15) is 59.9 Å². The maximum atomic E-state index is 9.81. The van der Waals surface area contributed by atoms with Crippen molar-refractivity contribution in [1.29, 1.82) is 5.26 Å². The maximum absolute atomic E-state index is 9.81. The molecule has 0 unspecified atom stereocenters. The van der Waals surface area contributed by atoms with Gasteiger partial charge < -0.3 is 24.2 Å². The van der Waals surface area contributed by atoms with Gasteiger partial charge in [0.2, 0.25) is 0 Å². The summed E-state index contributed by atoms with van der Waals surface area (Å²) in [4.78, 5) is 8.92. The van der Waals surface area contributed by atoms with Gasteiger partial charge in [0, 0.05) is 61.3 Å². The Morgan fingerprint density at radius 2 is 1.67 bits per heavy atom. The monoisotopic (exact) mass is 680 g/mol. The normalized spacial score (nSPS) is 16.7. The van der Waals surface area contributed by atoms with Gasteiger partial charge in [-0.1, -0.05) is 54.4 Å². The molecule has 0 spiro atoms. The number of piperidine rings is 1. The van der Waals surface area contributed by atoms with Gasteiger partial charge in [-0.15, -0.1) is 0 Å². The van der Waals surface area contributed by atoms with Crippen LogP contribution >= 0.6 is 11.6 Å². The zero-order valence-corrected chi connectivity index (χ0v) is 29.0. The molecule has 2 fully saturated rings. The Bertz CT molecular complexity index is 1750. The third kappa shape index (κ3) is 9.31. The van der Waals surface area contributed by atoms with E-state index in [1.807, 2.05) is 30.3 Å². The van der Waals surface area contributed by atoms with Crippen molar-refractivity contribution in [2.24, 2.45) is 0 Å². The highest BCUT2D eigenvalue weighted by Gasteiger charge is 2.20. The summed E-state index contributed by atoms with van der Waals surface area (Å²) in [6, 6.07) is 22.2. The summed E-state index contributed by atoms with van der Waals surface area (Å²) < 4.78 is 19.0. The Labute approximate surface area is 294 Å². The number of nitriles is 1. The predicted molar refractivity (Wildman–Crippen MR) is 192 cm³/mol. The summed E-state index contributed by atoms with van der Waals surface area (Å²) in [6.45, 7) is 8.82. The molecule has 1 atom stereocenters. The van der Waals surface area contributed by atoms with E-state index in [0.717, 1.165) is 91.2 Å². The molecule has 2 aliphatic heterocycles. The molecule has 4 aromatic rings. The summed E-state index contributed by atoms with van der Waals surface area (Å²) in [5.74, 6) is 2.13. The van der Waals surface area contributed by atoms with E-state index in [2.05, 4.69) is 52.0 Å². The Morgan fingerprint density at radius 3 is 2.49 bits per heavy atom. The molecule has 0 saturated carbocycles. The number of nitrogens with zero attached hydrogens (tertiary/aromatic N) is 4. The number of rotatable bonds is 14. The third-order valence-corrected chi connectivity index (χ3v) is 9.70. The molecule has 2 aliphatic rings. The molecule has 49 heavy (non-hydrogen) atoms. The van der Waals surface area contributed by atoms with Crippen LogP contribution < -0.4 is 14.2 Å². The lowest BCUT2D eigenvalue weighted by Gasteiger charge is -2.27. The first kappa shape index (κ1) is 34.7. The lowest BCUT2D eigenvalue weighted by Crippen LogP contribution is -2.29. The van der Waals surface area contributed by atoms with Crippen molar-refractivity contribution >= 4 is 11.6 Å². The summed E-state index contributed by atoms with van der Waals surface area (Å²) >= 11 is 6.86. The lowest BCUT2D eigenvalue weighted by molar-refractivity contribution is 0.173. The molecule has 256 valence electrons. The van der Waals surface area contributed by atoms with E-state index in [0.29, 0.717) is 35.3 Å². The standard InChI is InChI=1S/C40H45ClN4O4/c1-29-32(9-7-11-35(29)36-10-3-4-12-38(36)47-18-8-16-45-17-13-34(46)26-45)28-49-40-21-39(48-27-31-19-30(22-42)23-43-24-31)33(20-37(40)41)25-44-14-5-2-6-15-44/h3-4,7,9-12,19-21,23-24,34,46H,2,5-6,8,13-18,25-28H2,1H3/t34-/m1/s1. The highest BCUT2D eigenvalue weighted by molar-refractivity contribution is 6.32. The lowest BCUT2D eigenvalue weighted by atomic mass is 9.96. The second kappa shape index (κ2) is 17.0. The second-order valence-electron chi connectivity index (χ2n) is 13.0. The van der Waals surface area contributed by atoms with Crippen molar-refractivity contribution in [1.82, 2.24) is 14.8 Å². The van der Waals surface area contributed by atoms with Gasteiger partial charge in [0.05, 0.1) is 23.3 Å². The van der Waals surface area contributed by atoms with E-state index in [-0.39, 0.29) is 12.7 Å². The van der Waals surface area contributed by atoms with Crippen molar-refractivity contribution < 1.29 is 19.3 Å². The molecule has 8 nitrogen and oxygen atoms in total. The minimum Gasteiger partial charge on any atom is -0.493 e. The van der Waals surface area contributed by atoms with Crippen LogP contribution in [-0.2, 0) is 19.8 Å². The van der Waals surface area contributed by atoms with Gasteiger partial charge in [-0.05, 0) is 80.6 Å². The Morgan fingerprint density at radius 1 is 0.857 bits per heavy atom. The van der Waals surface area contributed by atoms with Crippen LogP contribution in [0, 0.1) is 18.3 Å². The molecule has 3 aromatic carbocycles. The first-order valence-corrected chi connectivity index (χ1v) is 17.7. The van der Waals surface area contributed by atoms with Crippen molar-refractivity contribution in [3.63, 3.8) is 0 Å². The van der Waals surface area contributed by atoms with E-state index in [9.17, 15) is 10.4 Å². The molecule has 0 amide bonds. The zero-order chi connectivity index (χ0) is 34.0. The molecular formula is C40H45ClN4O4. The van der Waals surface area contributed by atoms with Crippen LogP contribution in [0.15, 0.2) is 73.1 Å². The van der Waals surface area contributed by atoms with Crippen LogP contribution in [0.25, 0.3) is 11.1 Å². The average Bonchev–Trinajstić information content (AvgIpc) is 3.55. The van der Waals surface area contributed by atoms with Gasteiger partial charge in [0.25, 0.3) is 0 Å². The highest BCUT2D eigenvalue weighted by atomic mass is 35.5. The van der Waals surface area contributed by atoms with Crippen LogP contribution in [0.2, 0.25) is 5.02 Å². The Hall–Kier alpha value is -4.13. The number of pyridine rings is 1. The quantitative estimate of drug-likeness (QED) is 0.137. The number of likely N-dealkylation sites (tertiary alicyclic amines) is 2. The van der Waals surface area contributed by atoms with E-state index < -0.39 is 0 Å². The molecule has 0 radical (unpaired) electrons. The summed E-state index contributed by atoms with van der Waals surface area (Å²) in [5, 5.41) is 19.7. The largest absolute Gasteiger partial charge is 0.493 e. The molecule has 1 N–H and O–H groups in total. The second-order valence-corrected chi connectivity index (χ2v) is 13.4. The predicted octanol–water partition coefficient (Wildman–Crippen LogP) is 7.56. The first-order valence-electron chi connectivity index (χ1n) is 17.3. The zero-order valence-electron chi connectivity index (χ0n) is 28.2. The molecule has 0 bridgehead atoms. The number of aliphatic hydroxyl groups excluding tert-OH is 1. The smallest absolute Gasteiger partial charge is 0.142 e. The number of aliphatic hydroxyl groups is 1. The van der Waals surface area contributed by atoms with Crippen LogP contribution in [0.4, 0.5) is 0 Å². The number of β-amino-alcohol motifs (C(OH)–C–C–N with tert-alkyl or cyclic N) is 1. The van der Waals surface area contributed by atoms with Crippen LogP contribution in [-0.4, -0.2) is 65.3 Å². The van der Waals surface area contributed by atoms with E-state index in [1.165, 1.54) is 19.3 Å². The van der Waals surface area contributed by atoms with E-state index >= 15 is 0 Å². The van der Waals surface area contributed by atoms with Gasteiger partial charge in [-0.25, -0.2) is 0 Å². The highest BCUT2D eigenvalue weighted by Crippen LogP contribution is 2.37.